The van der Waals surface area contributed by atoms with Gasteiger partial charge in [-0.05, 0) is 12.5 Å². The van der Waals surface area contributed by atoms with E-state index in [-0.39, 0.29) is 24.6 Å². The van der Waals surface area contributed by atoms with Gasteiger partial charge in [0, 0.05) is 23.4 Å². The maximum atomic E-state index is 11.1. The highest BCUT2D eigenvalue weighted by Crippen LogP contribution is 2.32. The molecule has 1 aromatic carbocycles. The molecule has 0 saturated heterocycles. The molecule has 1 aromatic heterocycles. The van der Waals surface area contributed by atoms with Crippen LogP contribution in [0.25, 0.3) is 0 Å². The number of hydrogen-bond donors (Lipinski definition) is 1. The molecule has 8 nitrogen and oxygen atoms in total. The molecule has 8 heteroatoms. The van der Waals surface area contributed by atoms with Gasteiger partial charge in [-0.25, -0.2) is 9.97 Å². The molecule has 1 heterocycles. The van der Waals surface area contributed by atoms with Crippen molar-refractivity contribution in [3.05, 3.63) is 57.5 Å². The average molecular weight is 303 g/mol. The van der Waals surface area contributed by atoms with E-state index in [0.717, 1.165) is 0 Å². The average Bonchev–Trinajstić information content (AvgIpc) is 2.50. The van der Waals surface area contributed by atoms with Gasteiger partial charge >= 0.3 is 0 Å². The van der Waals surface area contributed by atoms with Gasteiger partial charge in [-0.2, -0.15) is 0 Å². The topological polar surface area (TPSA) is 115 Å². The van der Waals surface area contributed by atoms with Gasteiger partial charge in [-0.1, -0.05) is 12.1 Å². The summed E-state index contributed by atoms with van der Waals surface area (Å²) < 4.78 is 4.77. The Morgan fingerprint density at radius 1 is 1.50 bits per heavy atom. The van der Waals surface area contributed by atoms with E-state index in [0.29, 0.717) is 16.7 Å². The number of benzene rings is 1. The fraction of sp³-hybridized carbons (Fsp3) is 0.214. The van der Waals surface area contributed by atoms with Crippen molar-refractivity contribution in [2.45, 2.75) is 12.8 Å². The van der Waals surface area contributed by atoms with Gasteiger partial charge in [0.05, 0.1) is 10.8 Å². The highest BCUT2D eigenvalue weighted by atomic mass is 16.6. The van der Waals surface area contributed by atoms with Crippen LogP contribution in [0, 0.1) is 17.0 Å². The molecule has 0 fully saturated rings. The van der Waals surface area contributed by atoms with Crippen molar-refractivity contribution >= 4 is 12.2 Å². The lowest BCUT2D eigenvalue weighted by Crippen LogP contribution is -2.11. The fourth-order valence-electron chi connectivity index (χ4n) is 2.12. The first-order valence-electron chi connectivity index (χ1n) is 6.33. The molecule has 0 saturated carbocycles. The molecule has 0 aliphatic heterocycles. The molecule has 0 radical (unpaired) electrons. The number of aryl methyl sites for hydroxylation is 1. The van der Waals surface area contributed by atoms with Crippen LogP contribution in [0.4, 0.5) is 5.69 Å². The molecular weight excluding hydrogens is 290 g/mol. The largest absolute Gasteiger partial charge is 0.493 e. The molecule has 2 aromatic rings. The second-order valence-corrected chi connectivity index (χ2v) is 4.59. The summed E-state index contributed by atoms with van der Waals surface area (Å²) in [7, 11) is 0. The van der Waals surface area contributed by atoms with E-state index >= 15 is 0 Å². The summed E-state index contributed by atoms with van der Waals surface area (Å²) in [5, 5.41) is 20.9. The van der Waals surface area contributed by atoms with E-state index in [1.54, 1.807) is 19.1 Å². The molecule has 0 aliphatic carbocycles. The molecule has 1 unspecified atom stereocenters. The number of carbonyl (C=O) groups is 1. The van der Waals surface area contributed by atoms with Crippen LogP contribution in [0.15, 0.2) is 30.7 Å². The van der Waals surface area contributed by atoms with Crippen molar-refractivity contribution in [2.75, 3.05) is 6.61 Å². The molecule has 1 atom stereocenters. The van der Waals surface area contributed by atoms with Gasteiger partial charge in [0.25, 0.3) is 12.2 Å². The quantitative estimate of drug-likeness (QED) is 0.490. The molecule has 0 bridgehead atoms. The Bertz CT molecular complexity index is 705. The number of nitrogens with zero attached hydrogens (tertiary/aromatic N) is 3. The van der Waals surface area contributed by atoms with E-state index in [9.17, 15) is 20.0 Å². The van der Waals surface area contributed by atoms with Gasteiger partial charge in [-0.3, -0.25) is 14.9 Å². The third kappa shape index (κ3) is 3.17. The lowest BCUT2D eigenvalue weighted by atomic mass is 9.92. The third-order valence-corrected chi connectivity index (χ3v) is 3.26. The van der Waals surface area contributed by atoms with Crippen LogP contribution in [0.2, 0.25) is 0 Å². The Balaban J connectivity index is 2.50. The van der Waals surface area contributed by atoms with Gasteiger partial charge in [0.2, 0.25) is 5.88 Å². The Labute approximate surface area is 125 Å². The maximum absolute atomic E-state index is 11.1. The zero-order chi connectivity index (χ0) is 16.1. The van der Waals surface area contributed by atoms with Gasteiger partial charge in [0.1, 0.15) is 12.9 Å². The summed E-state index contributed by atoms with van der Waals surface area (Å²) in [6.45, 7) is 1.81. The maximum Gasteiger partial charge on any atom is 0.293 e. The number of nitro benzene ring substituents is 1. The fourth-order valence-corrected chi connectivity index (χ4v) is 2.12. The van der Waals surface area contributed by atoms with Gasteiger partial charge < -0.3 is 9.84 Å². The summed E-state index contributed by atoms with van der Waals surface area (Å²) in [5.74, 6) is -0.872. The van der Waals surface area contributed by atoms with Crippen molar-refractivity contribution in [1.82, 2.24) is 9.97 Å². The second kappa shape index (κ2) is 6.61. The summed E-state index contributed by atoms with van der Waals surface area (Å²) >= 11 is 0. The second-order valence-electron chi connectivity index (χ2n) is 4.59. The highest BCUT2D eigenvalue weighted by molar-refractivity contribution is 5.47. The number of rotatable bonds is 6. The molecule has 2 rings (SSSR count). The SMILES string of the molecule is Cc1ccc(C(COC=O)c2cncnc2O)cc1[N+](=O)[O-]. The first-order valence-corrected chi connectivity index (χ1v) is 6.33. The van der Waals surface area contributed by atoms with E-state index in [2.05, 4.69) is 9.97 Å². The highest BCUT2D eigenvalue weighted by Gasteiger charge is 2.22. The number of ether oxygens (including phenoxy) is 1. The van der Waals surface area contributed by atoms with E-state index in [1.165, 1.54) is 18.6 Å². The van der Waals surface area contributed by atoms with E-state index < -0.39 is 10.8 Å². The predicted octanol–water partition coefficient (Wildman–Crippen LogP) is 1.70. The zero-order valence-electron chi connectivity index (χ0n) is 11.7. The monoisotopic (exact) mass is 303 g/mol. The van der Waals surface area contributed by atoms with Crippen LogP contribution in [0.1, 0.15) is 22.6 Å². The van der Waals surface area contributed by atoms with Crippen molar-refractivity contribution in [2.24, 2.45) is 0 Å². The normalized spacial score (nSPS) is 11.7. The first kappa shape index (κ1) is 15.4. The molecular formula is C14H13N3O5. The molecule has 0 spiro atoms. The minimum absolute atomic E-state index is 0.0510. The Morgan fingerprint density at radius 3 is 2.91 bits per heavy atom. The van der Waals surface area contributed by atoms with Gasteiger partial charge in [-0.15, -0.1) is 0 Å². The summed E-state index contributed by atoms with van der Waals surface area (Å²) in [5.41, 5.74) is 1.30. The number of carbonyl (C=O) groups excluding carboxylic acids is 1. The smallest absolute Gasteiger partial charge is 0.293 e. The number of aromatic hydroxyl groups is 1. The standard InChI is InChI=1S/C14H13N3O5/c1-9-2-3-10(4-13(9)17(20)21)12(6-22-8-18)11-5-15-7-16-14(11)19/h2-5,7-8,12H,6H2,1H3,(H,15,16,19). The van der Waals surface area contributed by atoms with Crippen molar-refractivity contribution < 1.29 is 19.6 Å². The van der Waals surface area contributed by atoms with Crippen LogP contribution in [0.5, 0.6) is 5.88 Å². The Kier molecular flexibility index (Phi) is 4.62. The molecule has 0 amide bonds. The lowest BCUT2D eigenvalue weighted by molar-refractivity contribution is -0.385. The van der Waals surface area contributed by atoms with Crippen molar-refractivity contribution in [1.29, 1.82) is 0 Å². The van der Waals surface area contributed by atoms with Crippen LogP contribution in [0.3, 0.4) is 0 Å². The van der Waals surface area contributed by atoms with Crippen LogP contribution in [-0.2, 0) is 9.53 Å². The number of hydrogen-bond acceptors (Lipinski definition) is 7. The van der Waals surface area contributed by atoms with Crippen LogP contribution < -0.4 is 0 Å². The Morgan fingerprint density at radius 2 is 2.27 bits per heavy atom. The van der Waals surface area contributed by atoms with E-state index in [4.69, 9.17) is 4.74 Å². The van der Waals surface area contributed by atoms with Crippen LogP contribution in [-0.4, -0.2) is 33.1 Å². The van der Waals surface area contributed by atoms with Crippen molar-refractivity contribution in [3.63, 3.8) is 0 Å². The zero-order valence-corrected chi connectivity index (χ0v) is 11.7. The molecule has 0 aliphatic rings. The lowest BCUT2D eigenvalue weighted by Gasteiger charge is -2.17. The molecule has 22 heavy (non-hydrogen) atoms. The summed E-state index contributed by atoms with van der Waals surface area (Å²) in [4.78, 5) is 28.5. The summed E-state index contributed by atoms with van der Waals surface area (Å²) in [6, 6.07) is 4.66. The first-order chi connectivity index (χ1) is 10.5. The van der Waals surface area contributed by atoms with Crippen LogP contribution >= 0.6 is 0 Å². The number of nitro groups is 1. The van der Waals surface area contributed by atoms with E-state index in [1.807, 2.05) is 0 Å². The third-order valence-electron chi connectivity index (χ3n) is 3.26. The number of aromatic nitrogens is 2. The van der Waals surface area contributed by atoms with Crippen molar-refractivity contribution in [3.8, 4) is 5.88 Å². The minimum atomic E-state index is -0.606. The predicted molar refractivity (Wildman–Crippen MR) is 75.4 cm³/mol. The summed E-state index contributed by atoms with van der Waals surface area (Å²) in [6.07, 6.45) is 2.56. The Hall–Kier alpha value is -3.03. The van der Waals surface area contributed by atoms with Gasteiger partial charge in [0.15, 0.2) is 0 Å². The molecule has 1 N–H and O–H groups in total. The minimum Gasteiger partial charge on any atom is -0.493 e. The molecule has 114 valence electrons.